The molecule has 0 saturated heterocycles. The van der Waals surface area contributed by atoms with Crippen molar-refractivity contribution >= 4 is 43.7 Å². The van der Waals surface area contributed by atoms with Crippen LogP contribution >= 0.6 is 0 Å². The minimum Gasteiger partial charge on any atom is -1.00 e. The average molecular weight is 333 g/mol. The summed E-state index contributed by atoms with van der Waals surface area (Å²) < 4.78 is 0. The van der Waals surface area contributed by atoms with Crippen LogP contribution in [0.1, 0.15) is 80.1 Å². The van der Waals surface area contributed by atoms with Crippen molar-refractivity contribution in [1.82, 2.24) is 0 Å². The van der Waals surface area contributed by atoms with Crippen LogP contribution in [-0.2, 0) is 10.2 Å². The van der Waals surface area contributed by atoms with Crippen molar-refractivity contribution in [2.24, 2.45) is 0 Å². The summed E-state index contributed by atoms with van der Waals surface area (Å²) in [5.74, 6) is -0.711. The van der Waals surface area contributed by atoms with Crippen LogP contribution in [0.3, 0.4) is 0 Å². The SMILES string of the molecule is CCCCCCCCCCC(C)(C(=O)O)c1ccccc1.[Ca+2].[H-].[H-]. The summed E-state index contributed by atoms with van der Waals surface area (Å²) in [6, 6.07) is 9.63. The molecule has 0 aromatic heterocycles. The number of carbonyl (C=O) groups is 1. The van der Waals surface area contributed by atoms with E-state index in [0.29, 0.717) is 0 Å². The molecule has 2 nitrogen and oxygen atoms in total. The molecular weight excluding hydrogens is 300 g/mol. The first kappa shape index (κ1) is 21.9. The summed E-state index contributed by atoms with van der Waals surface area (Å²) in [4.78, 5) is 11.7. The summed E-state index contributed by atoms with van der Waals surface area (Å²) in [5, 5.41) is 9.59. The molecule has 0 radical (unpaired) electrons. The maximum atomic E-state index is 11.7. The standard InChI is InChI=1S/C19H30O2.Ca.2H/c1-3-4-5-6-7-8-9-13-16-19(2,18(20)21)17-14-11-10-12-15-17;;;/h10-12,14-15H,3-9,13,16H2,1-2H3,(H,20,21);;;/q;+2;2*-1. The van der Waals surface area contributed by atoms with Crippen LogP contribution < -0.4 is 0 Å². The van der Waals surface area contributed by atoms with Gasteiger partial charge in [-0.2, -0.15) is 0 Å². The maximum absolute atomic E-state index is 11.7. The Labute approximate surface area is 168 Å². The van der Waals surface area contributed by atoms with Crippen LogP contribution in [-0.4, -0.2) is 48.8 Å². The van der Waals surface area contributed by atoms with E-state index in [1.54, 1.807) is 0 Å². The Kier molecular flexibility index (Phi) is 12.4. The molecule has 3 heteroatoms. The van der Waals surface area contributed by atoms with Gasteiger partial charge in [0.05, 0.1) is 5.41 Å². The van der Waals surface area contributed by atoms with Gasteiger partial charge in [-0.05, 0) is 18.9 Å². The Bertz CT molecular complexity index is 415. The largest absolute Gasteiger partial charge is 2.00 e. The Morgan fingerprint density at radius 1 is 1.00 bits per heavy atom. The van der Waals surface area contributed by atoms with E-state index in [0.717, 1.165) is 24.8 Å². The molecule has 1 N–H and O–H groups in total. The number of benzene rings is 1. The quantitative estimate of drug-likeness (QED) is 0.435. The molecule has 0 bridgehead atoms. The molecule has 0 aliphatic carbocycles. The van der Waals surface area contributed by atoms with Gasteiger partial charge in [-0.15, -0.1) is 0 Å². The van der Waals surface area contributed by atoms with Crippen molar-refractivity contribution in [3.8, 4) is 0 Å². The van der Waals surface area contributed by atoms with E-state index < -0.39 is 11.4 Å². The number of carboxylic acids is 1. The molecule has 1 aromatic rings. The van der Waals surface area contributed by atoms with Crippen LogP contribution in [0.15, 0.2) is 30.3 Å². The molecule has 1 atom stereocenters. The minimum atomic E-state index is -0.747. The predicted molar refractivity (Wildman–Crippen MR) is 96.6 cm³/mol. The Hall–Kier alpha value is -0.0503. The van der Waals surface area contributed by atoms with E-state index >= 15 is 0 Å². The normalized spacial score (nSPS) is 13.2. The van der Waals surface area contributed by atoms with Crippen molar-refractivity contribution in [1.29, 1.82) is 0 Å². The molecule has 1 aromatic carbocycles. The van der Waals surface area contributed by atoms with Gasteiger partial charge in [0.25, 0.3) is 0 Å². The number of aliphatic carboxylic acids is 1. The fourth-order valence-corrected chi connectivity index (χ4v) is 2.79. The Morgan fingerprint density at radius 3 is 2.00 bits per heavy atom. The number of unbranched alkanes of at least 4 members (excludes halogenated alkanes) is 7. The summed E-state index contributed by atoms with van der Waals surface area (Å²) in [5.41, 5.74) is 0.171. The summed E-state index contributed by atoms with van der Waals surface area (Å²) >= 11 is 0. The van der Waals surface area contributed by atoms with E-state index in [1.165, 1.54) is 38.5 Å². The number of hydrogen-bond donors (Lipinski definition) is 1. The second-order valence-electron chi connectivity index (χ2n) is 6.23. The van der Waals surface area contributed by atoms with Gasteiger partial charge < -0.3 is 7.96 Å². The van der Waals surface area contributed by atoms with Crippen LogP contribution in [0.25, 0.3) is 0 Å². The van der Waals surface area contributed by atoms with Crippen molar-refractivity contribution in [3.05, 3.63) is 35.9 Å². The zero-order valence-electron chi connectivity index (χ0n) is 16.3. The first-order valence-electron chi connectivity index (χ1n) is 8.40. The predicted octanol–water partition coefficient (Wildman–Crippen LogP) is 5.40. The van der Waals surface area contributed by atoms with Gasteiger partial charge in [-0.3, -0.25) is 4.79 Å². The zero-order chi connectivity index (χ0) is 15.6. The van der Waals surface area contributed by atoms with Gasteiger partial charge in [0.15, 0.2) is 0 Å². The zero-order valence-corrected chi connectivity index (χ0v) is 16.5. The molecule has 0 heterocycles. The van der Waals surface area contributed by atoms with E-state index in [1.807, 2.05) is 37.3 Å². The van der Waals surface area contributed by atoms with Crippen molar-refractivity contribution < 1.29 is 12.8 Å². The number of carboxylic acid groups (broad SMARTS) is 1. The molecule has 1 unspecified atom stereocenters. The van der Waals surface area contributed by atoms with E-state index in [2.05, 4.69) is 6.92 Å². The maximum Gasteiger partial charge on any atom is 2.00 e. The topological polar surface area (TPSA) is 37.3 Å². The first-order chi connectivity index (χ1) is 10.1. The minimum absolute atomic E-state index is 0. The molecule has 0 saturated carbocycles. The molecule has 0 aliphatic heterocycles. The van der Waals surface area contributed by atoms with E-state index in [9.17, 15) is 9.90 Å². The fraction of sp³-hybridized carbons (Fsp3) is 0.632. The summed E-state index contributed by atoms with van der Waals surface area (Å²) in [6.07, 6.45) is 10.7. The van der Waals surface area contributed by atoms with E-state index in [-0.39, 0.29) is 40.6 Å². The summed E-state index contributed by atoms with van der Waals surface area (Å²) in [6.45, 7) is 4.09. The van der Waals surface area contributed by atoms with Crippen LogP contribution in [0, 0.1) is 0 Å². The smallest absolute Gasteiger partial charge is 1.00 e. The van der Waals surface area contributed by atoms with Crippen LogP contribution in [0.2, 0.25) is 0 Å². The molecule has 122 valence electrons. The first-order valence-corrected chi connectivity index (χ1v) is 8.40. The molecular formula is C19H32CaO2. The number of rotatable bonds is 11. The second kappa shape index (κ2) is 12.4. The summed E-state index contributed by atoms with van der Waals surface area (Å²) in [7, 11) is 0. The fourth-order valence-electron chi connectivity index (χ4n) is 2.79. The van der Waals surface area contributed by atoms with Gasteiger partial charge in [-0.25, -0.2) is 0 Å². The molecule has 0 spiro atoms. The molecule has 1 rings (SSSR count). The monoisotopic (exact) mass is 332 g/mol. The Balaban J connectivity index is -0.00000147. The third-order valence-electron chi connectivity index (χ3n) is 4.41. The van der Waals surface area contributed by atoms with Gasteiger partial charge in [0.2, 0.25) is 0 Å². The van der Waals surface area contributed by atoms with Gasteiger partial charge >= 0.3 is 43.7 Å². The third kappa shape index (κ3) is 7.48. The van der Waals surface area contributed by atoms with Gasteiger partial charge in [0.1, 0.15) is 0 Å². The second-order valence-corrected chi connectivity index (χ2v) is 6.23. The van der Waals surface area contributed by atoms with E-state index in [4.69, 9.17) is 0 Å². The van der Waals surface area contributed by atoms with Crippen molar-refractivity contribution in [2.45, 2.75) is 77.0 Å². The molecule has 0 amide bonds. The number of hydrogen-bond acceptors (Lipinski definition) is 1. The Morgan fingerprint density at radius 2 is 1.50 bits per heavy atom. The molecule has 0 aliphatic rings. The van der Waals surface area contributed by atoms with Crippen LogP contribution in [0.4, 0.5) is 0 Å². The van der Waals surface area contributed by atoms with Crippen LogP contribution in [0.5, 0.6) is 0 Å². The van der Waals surface area contributed by atoms with Gasteiger partial charge in [-0.1, -0.05) is 88.6 Å². The molecule has 22 heavy (non-hydrogen) atoms. The third-order valence-corrected chi connectivity index (χ3v) is 4.41. The van der Waals surface area contributed by atoms with Gasteiger partial charge in [0, 0.05) is 0 Å². The molecule has 0 fully saturated rings. The van der Waals surface area contributed by atoms with Crippen molar-refractivity contribution in [3.63, 3.8) is 0 Å². The average Bonchev–Trinajstić information content (AvgIpc) is 2.50. The van der Waals surface area contributed by atoms with Crippen molar-refractivity contribution in [2.75, 3.05) is 0 Å².